The van der Waals surface area contributed by atoms with Crippen molar-refractivity contribution in [2.45, 2.75) is 6.04 Å². The summed E-state index contributed by atoms with van der Waals surface area (Å²) in [6.45, 7) is 0. The van der Waals surface area contributed by atoms with Crippen LogP contribution < -0.4 is 5.32 Å². The van der Waals surface area contributed by atoms with Crippen molar-refractivity contribution in [1.29, 1.82) is 0 Å². The maximum atomic E-state index is 12.9. The molecule has 10 heteroatoms. The Balaban J connectivity index is 1.68. The van der Waals surface area contributed by atoms with Crippen molar-refractivity contribution in [2.75, 3.05) is 32.2 Å². The number of nitrogens with zero attached hydrogens (tertiary/aromatic N) is 4. The fourth-order valence-corrected chi connectivity index (χ4v) is 3.50. The average Bonchev–Trinajstić information content (AvgIpc) is 2.95. The van der Waals surface area contributed by atoms with E-state index in [1.54, 1.807) is 18.7 Å². The van der Waals surface area contributed by atoms with Gasteiger partial charge in [0.2, 0.25) is 5.91 Å². The predicted octanol–water partition coefficient (Wildman–Crippen LogP) is 0.800. The zero-order chi connectivity index (χ0) is 19.0. The lowest BCUT2D eigenvalue weighted by molar-refractivity contribution is -0.367. The first kappa shape index (κ1) is 18.1. The normalized spacial score (nSPS) is 19.7. The number of thioether (sulfide) groups is 1. The Morgan fingerprint density at radius 1 is 1.27 bits per heavy atom. The van der Waals surface area contributed by atoms with Crippen molar-refractivity contribution < 1.29 is 23.3 Å². The van der Waals surface area contributed by atoms with Gasteiger partial charge in [0.25, 0.3) is 23.0 Å². The molecule has 1 unspecified atom stereocenters. The number of urea groups is 1. The number of amides is 4. The van der Waals surface area contributed by atoms with Crippen LogP contribution in [-0.4, -0.2) is 76.2 Å². The van der Waals surface area contributed by atoms with E-state index in [1.807, 2.05) is 0 Å². The number of imide groups is 1. The SMILES string of the molecule is CN1C(=O)C2N=C(SCC(=O)Nc3ccc(F)cc3)[N+](C)=C2N(C)C1=O. The number of hydrogen-bond acceptors (Lipinski definition) is 5. The number of amidine groups is 2. The highest BCUT2D eigenvalue weighted by atomic mass is 32.2. The smallest absolute Gasteiger partial charge is 0.325 e. The predicted molar refractivity (Wildman–Crippen MR) is 95.8 cm³/mol. The molecule has 1 fully saturated rings. The summed E-state index contributed by atoms with van der Waals surface area (Å²) < 4.78 is 14.5. The molecular weight excluding hydrogens is 361 g/mol. The number of nitrogens with one attached hydrogen (secondary N) is 1. The van der Waals surface area contributed by atoms with E-state index in [0.29, 0.717) is 16.7 Å². The van der Waals surface area contributed by atoms with Gasteiger partial charge in [-0.1, -0.05) is 0 Å². The number of likely N-dealkylation sites (N-methyl/N-ethyl adjacent to an activating group) is 2. The van der Waals surface area contributed by atoms with Gasteiger partial charge in [0.1, 0.15) is 5.82 Å². The van der Waals surface area contributed by atoms with Crippen LogP contribution in [0.25, 0.3) is 0 Å². The quantitative estimate of drug-likeness (QED) is 0.789. The third-order valence-electron chi connectivity index (χ3n) is 4.06. The topological polar surface area (TPSA) is 85.1 Å². The van der Waals surface area contributed by atoms with E-state index in [4.69, 9.17) is 0 Å². The summed E-state index contributed by atoms with van der Waals surface area (Å²) >= 11 is 1.16. The lowest BCUT2D eigenvalue weighted by Crippen LogP contribution is -2.59. The average molecular weight is 378 g/mol. The Hall–Kier alpha value is -2.75. The Morgan fingerprint density at radius 3 is 2.58 bits per heavy atom. The molecule has 2 aliphatic heterocycles. The molecule has 1 aromatic rings. The number of rotatable bonds is 3. The first-order valence-corrected chi connectivity index (χ1v) is 8.70. The number of anilines is 1. The third-order valence-corrected chi connectivity index (χ3v) is 5.10. The first-order valence-electron chi connectivity index (χ1n) is 7.71. The van der Waals surface area contributed by atoms with Gasteiger partial charge in [0.15, 0.2) is 0 Å². The second kappa shape index (κ2) is 6.87. The highest BCUT2D eigenvalue weighted by molar-refractivity contribution is 8.14. The lowest BCUT2D eigenvalue weighted by atomic mass is 10.2. The van der Waals surface area contributed by atoms with Crippen molar-refractivity contribution in [3.8, 4) is 0 Å². The van der Waals surface area contributed by atoms with Crippen LogP contribution in [-0.2, 0) is 9.59 Å². The minimum absolute atomic E-state index is 0.0578. The molecule has 0 spiro atoms. The van der Waals surface area contributed by atoms with E-state index >= 15 is 0 Å². The Morgan fingerprint density at radius 2 is 1.92 bits per heavy atom. The molecule has 1 saturated heterocycles. The molecule has 26 heavy (non-hydrogen) atoms. The summed E-state index contributed by atoms with van der Waals surface area (Å²) in [5.74, 6) is -0.541. The van der Waals surface area contributed by atoms with E-state index in [1.165, 1.54) is 36.2 Å². The lowest BCUT2D eigenvalue weighted by Gasteiger charge is -2.27. The maximum Gasteiger partial charge on any atom is 0.388 e. The van der Waals surface area contributed by atoms with Crippen molar-refractivity contribution in [3.63, 3.8) is 0 Å². The molecule has 2 heterocycles. The Kier molecular flexibility index (Phi) is 4.77. The molecule has 0 radical (unpaired) electrons. The van der Waals surface area contributed by atoms with Gasteiger partial charge in [-0.3, -0.25) is 14.5 Å². The second-order valence-electron chi connectivity index (χ2n) is 5.81. The van der Waals surface area contributed by atoms with Gasteiger partial charge in [-0.2, -0.15) is 0 Å². The van der Waals surface area contributed by atoms with E-state index in [2.05, 4.69) is 10.3 Å². The summed E-state index contributed by atoms with van der Waals surface area (Å²) in [4.78, 5) is 43.1. The highest BCUT2D eigenvalue weighted by Gasteiger charge is 2.51. The van der Waals surface area contributed by atoms with Crippen LogP contribution in [0.1, 0.15) is 0 Å². The van der Waals surface area contributed by atoms with Crippen LogP contribution in [0.15, 0.2) is 29.3 Å². The minimum atomic E-state index is -0.782. The summed E-state index contributed by atoms with van der Waals surface area (Å²) in [7, 11) is 4.69. The fraction of sp³-hybridized carbons (Fsp3) is 0.312. The molecule has 1 N–H and O–H groups in total. The largest absolute Gasteiger partial charge is 0.388 e. The third kappa shape index (κ3) is 3.19. The van der Waals surface area contributed by atoms with Crippen LogP contribution >= 0.6 is 11.8 Å². The van der Waals surface area contributed by atoms with Crippen LogP contribution in [0.4, 0.5) is 14.9 Å². The molecule has 4 amide bonds. The summed E-state index contributed by atoms with van der Waals surface area (Å²) in [5, 5.41) is 3.13. The Labute approximate surface area is 153 Å². The summed E-state index contributed by atoms with van der Waals surface area (Å²) in [6.07, 6.45) is 0. The number of carbonyl (C=O) groups is 3. The van der Waals surface area contributed by atoms with Gasteiger partial charge >= 0.3 is 6.03 Å². The molecule has 136 valence electrons. The molecule has 1 atom stereocenters. The summed E-state index contributed by atoms with van der Waals surface area (Å²) in [6, 6.07) is 4.24. The molecule has 8 nitrogen and oxygen atoms in total. The van der Waals surface area contributed by atoms with Gasteiger partial charge in [0.05, 0.1) is 19.8 Å². The van der Waals surface area contributed by atoms with Crippen molar-refractivity contribution in [2.24, 2.45) is 4.99 Å². The molecule has 1 aromatic carbocycles. The van der Waals surface area contributed by atoms with Gasteiger partial charge in [-0.05, 0) is 36.0 Å². The molecule has 0 aliphatic carbocycles. The van der Waals surface area contributed by atoms with E-state index in [-0.39, 0.29) is 17.5 Å². The van der Waals surface area contributed by atoms with E-state index in [0.717, 1.165) is 16.7 Å². The zero-order valence-corrected chi connectivity index (χ0v) is 15.2. The monoisotopic (exact) mass is 378 g/mol. The molecule has 0 saturated carbocycles. The Bertz CT molecular complexity index is 852. The van der Waals surface area contributed by atoms with Crippen molar-refractivity contribution in [1.82, 2.24) is 9.80 Å². The van der Waals surface area contributed by atoms with Gasteiger partial charge < -0.3 is 5.32 Å². The minimum Gasteiger partial charge on any atom is -0.325 e. The standard InChI is InChI=1S/C16H16FN5O3S/c1-20-13-12(14(24)22(3)16(25)21(13)2)19-15(20)26-8-11(23)18-10-6-4-9(17)5-7-10/h4-7,12H,8H2,1-3H3/p+1. The number of aliphatic imine (C=N–C) groups is 1. The summed E-state index contributed by atoms with van der Waals surface area (Å²) in [5.41, 5.74) is 0.490. The van der Waals surface area contributed by atoms with Gasteiger partial charge in [-0.25, -0.2) is 18.7 Å². The zero-order valence-electron chi connectivity index (χ0n) is 14.4. The molecule has 2 aliphatic rings. The van der Waals surface area contributed by atoms with Crippen LogP contribution in [0.3, 0.4) is 0 Å². The molecule has 3 rings (SSSR count). The van der Waals surface area contributed by atoms with Gasteiger partial charge in [0, 0.05) is 12.7 Å². The number of hydrogen-bond donors (Lipinski definition) is 1. The highest BCUT2D eigenvalue weighted by Crippen LogP contribution is 2.22. The van der Waals surface area contributed by atoms with E-state index in [9.17, 15) is 18.8 Å². The molecule has 0 bridgehead atoms. The van der Waals surface area contributed by atoms with E-state index < -0.39 is 18.0 Å². The number of halogens is 1. The van der Waals surface area contributed by atoms with Crippen LogP contribution in [0, 0.1) is 5.82 Å². The molecule has 0 aromatic heterocycles. The van der Waals surface area contributed by atoms with Gasteiger partial charge in [-0.15, -0.1) is 4.99 Å². The fourth-order valence-electron chi connectivity index (χ4n) is 2.71. The number of benzene rings is 1. The van der Waals surface area contributed by atoms with Crippen molar-refractivity contribution in [3.05, 3.63) is 30.1 Å². The van der Waals surface area contributed by atoms with Crippen molar-refractivity contribution >= 4 is 46.3 Å². The number of carbonyl (C=O) groups excluding carboxylic acids is 3. The second-order valence-corrected chi connectivity index (χ2v) is 6.76. The maximum absolute atomic E-state index is 12.9. The van der Waals surface area contributed by atoms with Crippen LogP contribution in [0.2, 0.25) is 0 Å². The number of fused-ring (bicyclic) bond motifs is 1. The van der Waals surface area contributed by atoms with Crippen LogP contribution in [0.5, 0.6) is 0 Å². The first-order chi connectivity index (χ1) is 12.3. The molecular formula is C16H17FN5O3S+.